The summed E-state index contributed by atoms with van der Waals surface area (Å²) in [6.45, 7) is 2.46. The number of aliphatic hydroxyl groups excluding tert-OH is 1. The molecule has 3 aromatic rings. The maximum atomic E-state index is 10.5. The van der Waals surface area contributed by atoms with Crippen molar-refractivity contribution in [2.75, 3.05) is 33.4 Å². The molecule has 15 heteroatoms. The van der Waals surface area contributed by atoms with Crippen LogP contribution in [-0.2, 0) is 14.3 Å². The summed E-state index contributed by atoms with van der Waals surface area (Å²) in [6, 6.07) is 10.2. The quantitative estimate of drug-likeness (QED) is 0.390. The van der Waals surface area contributed by atoms with Gasteiger partial charge in [-0.2, -0.15) is 18.2 Å². The summed E-state index contributed by atoms with van der Waals surface area (Å²) in [5.41, 5.74) is 3.86. The van der Waals surface area contributed by atoms with E-state index in [0.29, 0.717) is 34.5 Å². The molecule has 1 aromatic carbocycles. The molecule has 208 valence electrons. The summed E-state index contributed by atoms with van der Waals surface area (Å²) in [6.07, 6.45) is -6.84. The molecule has 1 unspecified atom stereocenters. The second-order valence-corrected chi connectivity index (χ2v) is 9.58. The first kappa shape index (κ1) is 27.3. The number of aromatic amines is 1. The Morgan fingerprint density at radius 2 is 1.85 bits per heavy atom. The number of likely N-dealkylation sites (N-methyl/N-ethyl adjacent to an activating group) is 1. The van der Waals surface area contributed by atoms with Crippen LogP contribution in [0.5, 0.6) is 6.01 Å². The number of imidazole rings is 1. The van der Waals surface area contributed by atoms with Gasteiger partial charge in [0, 0.05) is 5.56 Å². The number of pyridine rings is 1. The molecule has 6 rings (SSSR count). The van der Waals surface area contributed by atoms with E-state index < -0.39 is 18.2 Å². The zero-order valence-electron chi connectivity index (χ0n) is 20.4. The number of alkyl halides is 3. The van der Waals surface area contributed by atoms with Crippen molar-refractivity contribution < 1.29 is 47.3 Å². The Balaban J connectivity index is 0.000000392. The number of ether oxygens (including phenoxy) is 3. The Hall–Kier alpha value is -3.30. The molecule has 39 heavy (non-hydrogen) atoms. The molecule has 3 aliphatic rings. The van der Waals surface area contributed by atoms with Crippen LogP contribution in [0.4, 0.5) is 13.2 Å². The van der Waals surface area contributed by atoms with E-state index in [-0.39, 0.29) is 24.9 Å². The molecule has 3 N–H and O–H groups in total. The highest BCUT2D eigenvalue weighted by atomic mass is 35.5. The molecule has 0 spiro atoms. The molecule has 2 saturated heterocycles. The number of hydrogen-bond donors (Lipinski definition) is 3. The molecule has 5 atom stereocenters. The van der Waals surface area contributed by atoms with Crippen LogP contribution in [0, 0.1) is 0 Å². The Morgan fingerprint density at radius 3 is 2.49 bits per heavy atom. The minimum atomic E-state index is -5.19. The number of H-pyrrole nitrogens is 1. The van der Waals surface area contributed by atoms with Gasteiger partial charge in [-0.3, -0.25) is 4.90 Å². The number of rotatable bonds is 4. The third-order valence-corrected chi connectivity index (χ3v) is 6.76. The SMILES string of the molecule is C[NH+]1CCN=C1c1ccc(-c2nc3nc(O[C@@H]4CO[C@H]5[C@@H]4OC[C@H]5O)[nH]c3cc2Cl)cc1.O=C([O-])C(F)(F)F. The van der Waals surface area contributed by atoms with E-state index in [2.05, 4.69) is 39.1 Å². The number of fused-ring (bicyclic) bond motifs is 2. The molecule has 0 saturated carbocycles. The van der Waals surface area contributed by atoms with Gasteiger partial charge in [0.15, 0.2) is 11.8 Å². The number of halogens is 4. The number of aliphatic hydroxyl groups is 1. The highest BCUT2D eigenvalue weighted by Gasteiger charge is 2.48. The van der Waals surface area contributed by atoms with Gasteiger partial charge in [0.2, 0.25) is 5.84 Å². The van der Waals surface area contributed by atoms with Crippen LogP contribution in [0.2, 0.25) is 5.02 Å². The van der Waals surface area contributed by atoms with Gasteiger partial charge in [0.25, 0.3) is 6.01 Å². The van der Waals surface area contributed by atoms with Gasteiger partial charge in [-0.1, -0.05) is 23.7 Å². The van der Waals surface area contributed by atoms with Crippen LogP contribution < -0.4 is 14.7 Å². The standard InChI is InChI=1S/C22H22ClN5O4.C2HF3O2/c1-28-7-6-24-21(28)12-4-2-11(3-5-12)17-13(23)8-14-20(26-17)27-22(25-14)32-16-10-31-18-15(29)9-30-19(16)18;3-2(4,5)1(6)7/h2-5,8,15-16,18-19,29H,6-7,9-10H2,1H3,(H,25,26,27);(H,6,7)/t15-,16-,18-,19-;/m1./s1. The highest BCUT2D eigenvalue weighted by molar-refractivity contribution is 6.33. The summed E-state index contributed by atoms with van der Waals surface area (Å²) < 4.78 is 48.7. The number of amidine groups is 1. The van der Waals surface area contributed by atoms with Crippen LogP contribution >= 0.6 is 11.6 Å². The van der Waals surface area contributed by atoms with E-state index in [1.807, 2.05) is 12.1 Å². The fourth-order valence-electron chi connectivity index (χ4n) is 4.55. The molecule has 3 aliphatic heterocycles. The number of carbonyl (C=O) groups excluding carboxylic acids is 1. The average molecular weight is 570 g/mol. The van der Waals surface area contributed by atoms with E-state index in [9.17, 15) is 18.3 Å². The van der Waals surface area contributed by atoms with Crippen LogP contribution in [0.1, 0.15) is 5.56 Å². The summed E-state index contributed by atoms with van der Waals surface area (Å²) in [5, 5.41) is 19.2. The number of hydrogen-bond acceptors (Lipinski definition) is 9. The summed E-state index contributed by atoms with van der Waals surface area (Å²) in [7, 11) is 2.13. The van der Waals surface area contributed by atoms with Gasteiger partial charge in [-0.25, -0.2) is 9.98 Å². The number of carboxylic acids is 1. The molecule has 0 radical (unpaired) electrons. The zero-order valence-corrected chi connectivity index (χ0v) is 21.1. The van der Waals surface area contributed by atoms with E-state index in [1.54, 1.807) is 6.07 Å². The third-order valence-electron chi connectivity index (χ3n) is 6.47. The molecular weight excluding hydrogens is 547 g/mol. The normalized spacial score (nSPS) is 26.2. The second kappa shape index (κ2) is 10.7. The number of aromatic nitrogens is 3. The van der Waals surface area contributed by atoms with Crippen molar-refractivity contribution in [2.45, 2.75) is 30.6 Å². The Morgan fingerprint density at radius 1 is 1.18 bits per heavy atom. The molecule has 0 amide bonds. The number of nitrogens with one attached hydrogen (secondary N) is 2. The molecule has 0 bridgehead atoms. The maximum absolute atomic E-state index is 10.5. The number of nitrogens with zero attached hydrogens (tertiary/aromatic N) is 3. The first-order valence-electron chi connectivity index (χ1n) is 11.9. The van der Waals surface area contributed by atoms with Crippen molar-refractivity contribution >= 4 is 34.6 Å². The van der Waals surface area contributed by atoms with Gasteiger partial charge in [0.05, 0.1) is 48.6 Å². The van der Waals surface area contributed by atoms with Crippen LogP contribution in [0.3, 0.4) is 0 Å². The lowest BCUT2D eigenvalue weighted by atomic mass is 10.1. The van der Waals surface area contributed by atoms with Crippen LogP contribution in [-0.4, -0.2) is 95.8 Å². The van der Waals surface area contributed by atoms with E-state index >= 15 is 0 Å². The van der Waals surface area contributed by atoms with Gasteiger partial charge < -0.3 is 34.2 Å². The smallest absolute Gasteiger partial charge is 0.430 e. The Bertz CT molecular complexity index is 1400. The number of aliphatic carboxylic acids is 1. The van der Waals surface area contributed by atoms with Gasteiger partial charge >= 0.3 is 6.18 Å². The second-order valence-electron chi connectivity index (χ2n) is 9.17. The van der Waals surface area contributed by atoms with Crippen LogP contribution in [0.15, 0.2) is 35.3 Å². The third kappa shape index (κ3) is 5.70. The minimum Gasteiger partial charge on any atom is -0.542 e. The Labute approximate surface area is 224 Å². The first-order chi connectivity index (χ1) is 18.5. The van der Waals surface area contributed by atoms with Crippen molar-refractivity contribution in [3.63, 3.8) is 0 Å². The predicted molar refractivity (Wildman–Crippen MR) is 128 cm³/mol. The maximum Gasteiger partial charge on any atom is 0.430 e. The molecule has 0 aliphatic carbocycles. The largest absolute Gasteiger partial charge is 0.542 e. The number of carbonyl (C=O) groups is 1. The topological polar surface area (TPSA) is 146 Å². The van der Waals surface area contributed by atoms with E-state index in [4.69, 9.17) is 35.7 Å². The average Bonchev–Trinajstić information content (AvgIpc) is 3.66. The lowest BCUT2D eigenvalue weighted by Gasteiger charge is -2.15. The van der Waals surface area contributed by atoms with Gasteiger partial charge in [-0.15, -0.1) is 0 Å². The molecular formula is C24H23ClF3N5O6. The lowest BCUT2D eigenvalue weighted by Crippen LogP contribution is -3.10. The fourth-order valence-corrected chi connectivity index (χ4v) is 4.82. The summed E-state index contributed by atoms with van der Waals surface area (Å²) in [5.74, 6) is -1.93. The van der Waals surface area contributed by atoms with Crippen LogP contribution in [0.25, 0.3) is 22.4 Å². The number of aliphatic imine (C=N–C) groups is 1. The van der Waals surface area contributed by atoms with Crippen molar-refractivity contribution in [1.82, 2.24) is 15.0 Å². The lowest BCUT2D eigenvalue weighted by molar-refractivity contribution is -0.773. The van der Waals surface area contributed by atoms with Crippen molar-refractivity contribution in [3.8, 4) is 17.3 Å². The minimum absolute atomic E-state index is 0.250. The Kier molecular flexibility index (Phi) is 7.48. The summed E-state index contributed by atoms with van der Waals surface area (Å²) in [4.78, 5) is 27.0. The van der Waals surface area contributed by atoms with E-state index in [0.717, 1.165) is 30.1 Å². The number of quaternary nitrogens is 1. The molecule has 2 aromatic heterocycles. The first-order valence-corrected chi connectivity index (χ1v) is 12.3. The molecule has 2 fully saturated rings. The van der Waals surface area contributed by atoms with Crippen molar-refractivity contribution in [2.24, 2.45) is 4.99 Å². The number of benzene rings is 1. The molecule has 5 heterocycles. The van der Waals surface area contributed by atoms with Crippen molar-refractivity contribution in [3.05, 3.63) is 40.9 Å². The fraction of sp³-hybridized carbons (Fsp3) is 0.417. The monoisotopic (exact) mass is 569 g/mol. The van der Waals surface area contributed by atoms with Gasteiger partial charge in [-0.05, 0) is 18.2 Å². The number of carboxylic acid groups (broad SMARTS) is 1. The zero-order chi connectivity index (χ0) is 27.9. The van der Waals surface area contributed by atoms with Crippen molar-refractivity contribution in [1.29, 1.82) is 0 Å². The van der Waals surface area contributed by atoms with E-state index in [1.165, 1.54) is 4.90 Å². The summed E-state index contributed by atoms with van der Waals surface area (Å²) >= 11 is 6.55. The highest BCUT2D eigenvalue weighted by Crippen LogP contribution is 2.32. The predicted octanol–water partition coefficient (Wildman–Crippen LogP) is -0.242. The van der Waals surface area contributed by atoms with Gasteiger partial charge in [0.1, 0.15) is 30.8 Å². The molecule has 11 nitrogen and oxygen atoms in total.